The molecule has 0 unspecified atom stereocenters. The van der Waals surface area contributed by atoms with Crippen LogP contribution in [0.4, 0.5) is 0 Å². The normalized spacial score (nSPS) is 29.1. The molecular formula is C10H20N2O. The van der Waals surface area contributed by atoms with Crippen LogP contribution in [0.3, 0.4) is 0 Å². The van der Waals surface area contributed by atoms with E-state index in [2.05, 4.69) is 16.8 Å². The Labute approximate surface area is 80.3 Å². The van der Waals surface area contributed by atoms with Crippen LogP contribution >= 0.6 is 0 Å². The minimum absolute atomic E-state index is 0.301. The first-order valence-electron chi connectivity index (χ1n) is 5.26. The summed E-state index contributed by atoms with van der Waals surface area (Å²) in [5.74, 6) is 0. The fourth-order valence-electron chi connectivity index (χ4n) is 2.02. The quantitative estimate of drug-likeness (QED) is 0.669. The monoisotopic (exact) mass is 184 g/mol. The molecule has 13 heavy (non-hydrogen) atoms. The minimum Gasteiger partial charge on any atom is -0.396 e. The molecule has 0 aromatic carbocycles. The lowest BCUT2D eigenvalue weighted by atomic mass is 10.1. The lowest BCUT2D eigenvalue weighted by molar-refractivity contribution is 0.104. The van der Waals surface area contributed by atoms with E-state index in [-0.39, 0.29) is 0 Å². The van der Waals surface area contributed by atoms with Crippen molar-refractivity contribution in [3.8, 4) is 0 Å². The number of rotatable bonds is 3. The van der Waals surface area contributed by atoms with Gasteiger partial charge in [0.25, 0.3) is 0 Å². The van der Waals surface area contributed by atoms with Gasteiger partial charge >= 0.3 is 0 Å². The van der Waals surface area contributed by atoms with Gasteiger partial charge in [-0.05, 0) is 19.9 Å². The maximum atomic E-state index is 9.20. The van der Waals surface area contributed by atoms with E-state index >= 15 is 0 Å². The summed E-state index contributed by atoms with van der Waals surface area (Å²) < 4.78 is 0. The summed E-state index contributed by atoms with van der Waals surface area (Å²) in [5, 5.41) is 9.20. The van der Waals surface area contributed by atoms with Crippen LogP contribution in [-0.2, 0) is 0 Å². The molecule has 0 spiro atoms. The van der Waals surface area contributed by atoms with Crippen LogP contribution in [0.25, 0.3) is 0 Å². The van der Waals surface area contributed by atoms with E-state index in [0.29, 0.717) is 12.0 Å². The number of hydrogen-bond donors (Lipinski definition) is 1. The van der Waals surface area contributed by atoms with Crippen molar-refractivity contribution < 1.29 is 5.11 Å². The smallest absolute Gasteiger partial charge is 0.0499 e. The summed E-state index contributed by atoms with van der Waals surface area (Å²) in [4.78, 5) is 4.87. The van der Waals surface area contributed by atoms with E-state index in [9.17, 15) is 5.11 Å². The van der Waals surface area contributed by atoms with Crippen molar-refractivity contribution in [1.82, 2.24) is 9.80 Å². The van der Waals surface area contributed by atoms with Gasteiger partial charge in [-0.15, -0.1) is 0 Å². The van der Waals surface area contributed by atoms with Crippen LogP contribution in [0.15, 0.2) is 0 Å². The number of nitrogens with zero attached hydrogens (tertiary/aromatic N) is 2. The van der Waals surface area contributed by atoms with Crippen molar-refractivity contribution in [2.24, 2.45) is 5.41 Å². The minimum atomic E-state index is 0.301. The molecular weight excluding hydrogens is 164 g/mol. The third-order valence-corrected chi connectivity index (χ3v) is 3.45. The fourth-order valence-corrected chi connectivity index (χ4v) is 2.02. The first-order valence-corrected chi connectivity index (χ1v) is 5.26. The van der Waals surface area contributed by atoms with Gasteiger partial charge in [0.05, 0.1) is 0 Å². The second-order valence-corrected chi connectivity index (χ2v) is 4.74. The molecule has 1 saturated heterocycles. The average molecular weight is 184 g/mol. The van der Waals surface area contributed by atoms with Crippen LogP contribution in [0, 0.1) is 5.41 Å². The van der Waals surface area contributed by atoms with Crippen molar-refractivity contribution in [1.29, 1.82) is 0 Å². The van der Waals surface area contributed by atoms with Gasteiger partial charge in [-0.2, -0.15) is 0 Å². The summed E-state index contributed by atoms with van der Waals surface area (Å²) in [5.41, 5.74) is 0.301. The number of aliphatic hydroxyl groups is 1. The molecule has 1 N–H and O–H groups in total. The third kappa shape index (κ3) is 2.22. The van der Waals surface area contributed by atoms with Gasteiger partial charge in [0.15, 0.2) is 0 Å². The molecule has 76 valence electrons. The van der Waals surface area contributed by atoms with Crippen LogP contribution < -0.4 is 0 Å². The highest BCUT2D eigenvalue weighted by Crippen LogP contribution is 2.45. The van der Waals surface area contributed by atoms with E-state index in [0.717, 1.165) is 6.54 Å². The second kappa shape index (κ2) is 3.56. The van der Waals surface area contributed by atoms with Gasteiger partial charge in [-0.3, -0.25) is 0 Å². The van der Waals surface area contributed by atoms with Crippen LogP contribution in [0.5, 0.6) is 0 Å². The highest BCUT2D eigenvalue weighted by Gasteiger charge is 2.43. The molecule has 3 heteroatoms. The van der Waals surface area contributed by atoms with Gasteiger partial charge in [-0.1, -0.05) is 0 Å². The molecule has 1 aliphatic heterocycles. The largest absolute Gasteiger partial charge is 0.396 e. The molecule has 2 fully saturated rings. The fraction of sp³-hybridized carbons (Fsp3) is 1.00. The summed E-state index contributed by atoms with van der Waals surface area (Å²) >= 11 is 0. The summed E-state index contributed by atoms with van der Waals surface area (Å²) in [6.45, 7) is 6.23. The maximum absolute atomic E-state index is 9.20. The van der Waals surface area contributed by atoms with E-state index < -0.39 is 0 Å². The Bertz CT molecular complexity index is 172. The molecule has 2 aliphatic rings. The molecule has 3 nitrogen and oxygen atoms in total. The first kappa shape index (κ1) is 9.44. The standard InChI is InChI=1S/C10H20N2O/c1-11-4-6-12(7-5-11)8-10(9-13)2-3-10/h13H,2-9H2,1H3. The highest BCUT2D eigenvalue weighted by atomic mass is 16.3. The first-order chi connectivity index (χ1) is 6.24. The second-order valence-electron chi connectivity index (χ2n) is 4.74. The molecule has 2 rings (SSSR count). The summed E-state index contributed by atoms with van der Waals surface area (Å²) in [7, 11) is 2.18. The molecule has 1 heterocycles. The zero-order chi connectivity index (χ0) is 9.31. The highest BCUT2D eigenvalue weighted by molar-refractivity contribution is 4.95. The topological polar surface area (TPSA) is 26.7 Å². The van der Waals surface area contributed by atoms with E-state index in [1.807, 2.05) is 0 Å². The lowest BCUT2D eigenvalue weighted by Crippen LogP contribution is -2.46. The Hall–Kier alpha value is -0.120. The van der Waals surface area contributed by atoms with Gasteiger partial charge in [-0.25, -0.2) is 0 Å². The van der Waals surface area contributed by atoms with Crippen molar-refractivity contribution in [3.05, 3.63) is 0 Å². The Morgan fingerprint density at radius 2 is 1.77 bits per heavy atom. The molecule has 0 atom stereocenters. The van der Waals surface area contributed by atoms with Crippen LogP contribution in [0.1, 0.15) is 12.8 Å². The SMILES string of the molecule is CN1CCN(CC2(CO)CC2)CC1. The van der Waals surface area contributed by atoms with E-state index in [1.165, 1.54) is 39.0 Å². The number of piperazine rings is 1. The zero-order valence-corrected chi connectivity index (χ0v) is 8.50. The van der Waals surface area contributed by atoms with E-state index in [4.69, 9.17) is 0 Å². The molecule has 0 aromatic heterocycles. The van der Waals surface area contributed by atoms with Gasteiger partial charge in [0.2, 0.25) is 0 Å². The Kier molecular flexibility index (Phi) is 2.58. The van der Waals surface area contributed by atoms with Crippen molar-refractivity contribution >= 4 is 0 Å². The van der Waals surface area contributed by atoms with Crippen LogP contribution in [0.2, 0.25) is 0 Å². The zero-order valence-electron chi connectivity index (χ0n) is 8.50. The molecule has 0 amide bonds. The molecule has 1 aliphatic carbocycles. The van der Waals surface area contributed by atoms with Gasteiger partial charge < -0.3 is 14.9 Å². The summed E-state index contributed by atoms with van der Waals surface area (Å²) in [6, 6.07) is 0. The predicted octanol–water partition coefficient (Wildman–Crippen LogP) is 0.00630. The average Bonchev–Trinajstić information content (AvgIpc) is 2.90. The maximum Gasteiger partial charge on any atom is 0.0499 e. The molecule has 0 radical (unpaired) electrons. The number of aliphatic hydroxyl groups excluding tert-OH is 1. The van der Waals surface area contributed by atoms with Gasteiger partial charge in [0.1, 0.15) is 0 Å². The van der Waals surface area contributed by atoms with Crippen molar-refractivity contribution in [2.45, 2.75) is 12.8 Å². The van der Waals surface area contributed by atoms with Gasteiger partial charge in [0, 0.05) is 44.7 Å². The van der Waals surface area contributed by atoms with Crippen molar-refractivity contribution in [2.75, 3.05) is 46.4 Å². The predicted molar refractivity (Wildman–Crippen MR) is 52.7 cm³/mol. The lowest BCUT2D eigenvalue weighted by Gasteiger charge is -2.34. The summed E-state index contributed by atoms with van der Waals surface area (Å²) in [6.07, 6.45) is 2.46. The van der Waals surface area contributed by atoms with Crippen molar-refractivity contribution in [3.63, 3.8) is 0 Å². The molecule has 0 aromatic rings. The van der Waals surface area contributed by atoms with E-state index in [1.54, 1.807) is 0 Å². The Balaban J connectivity index is 1.76. The van der Waals surface area contributed by atoms with Crippen LogP contribution in [-0.4, -0.2) is 61.3 Å². The Morgan fingerprint density at radius 3 is 2.23 bits per heavy atom. The number of likely N-dealkylation sites (N-methyl/N-ethyl adjacent to an activating group) is 1. The molecule has 1 saturated carbocycles. The molecule has 0 bridgehead atoms. The Morgan fingerprint density at radius 1 is 1.15 bits per heavy atom. The third-order valence-electron chi connectivity index (χ3n) is 3.45. The number of hydrogen-bond acceptors (Lipinski definition) is 3.